The summed E-state index contributed by atoms with van der Waals surface area (Å²) in [6.45, 7) is 2.00. The van der Waals surface area contributed by atoms with Crippen molar-refractivity contribution in [3.63, 3.8) is 0 Å². The molecule has 0 saturated carbocycles. The van der Waals surface area contributed by atoms with Crippen LogP contribution in [0.15, 0.2) is 103 Å². The number of carbonyl (C=O) groups is 3. The highest BCUT2D eigenvalue weighted by atomic mass is 16.2. The molecule has 0 aliphatic heterocycles. The van der Waals surface area contributed by atoms with E-state index in [0.717, 1.165) is 12.0 Å². The third-order valence-electron chi connectivity index (χ3n) is 5.94. The van der Waals surface area contributed by atoms with Crippen LogP contribution >= 0.6 is 0 Å². The number of rotatable bonds is 8. The van der Waals surface area contributed by atoms with Crippen LogP contribution in [0.1, 0.15) is 34.3 Å². The Morgan fingerprint density at radius 2 is 1.27 bits per heavy atom. The maximum atomic E-state index is 13.4. The maximum absolute atomic E-state index is 13.4. The Balaban J connectivity index is 1.59. The van der Waals surface area contributed by atoms with Crippen LogP contribution in [0.25, 0.3) is 0 Å². The first-order valence-corrected chi connectivity index (χ1v) is 12.0. The van der Waals surface area contributed by atoms with Crippen LogP contribution in [-0.4, -0.2) is 17.7 Å². The zero-order chi connectivity index (χ0) is 26.2. The largest absolute Gasteiger partial charge is 0.397 e. The number of hydrogen-bond acceptors (Lipinski definition) is 4. The smallest absolute Gasteiger partial charge is 0.255 e. The molecule has 0 aliphatic carbocycles. The number of anilines is 4. The van der Waals surface area contributed by atoms with E-state index in [9.17, 15) is 14.4 Å². The summed E-state index contributed by atoms with van der Waals surface area (Å²) >= 11 is 0. The van der Waals surface area contributed by atoms with Gasteiger partial charge in [0, 0.05) is 16.9 Å². The number of nitrogens with two attached hydrogens (primary N) is 1. The van der Waals surface area contributed by atoms with Crippen molar-refractivity contribution in [2.75, 3.05) is 21.7 Å². The Kier molecular flexibility index (Phi) is 7.95. The molecule has 0 saturated heterocycles. The van der Waals surface area contributed by atoms with E-state index < -0.39 is 17.7 Å². The van der Waals surface area contributed by atoms with Crippen molar-refractivity contribution in [3.8, 4) is 0 Å². The van der Waals surface area contributed by atoms with Gasteiger partial charge in [-0.1, -0.05) is 67.6 Å². The molecule has 4 aromatic rings. The lowest BCUT2D eigenvalue weighted by atomic mass is 9.95. The highest BCUT2D eigenvalue weighted by molar-refractivity contribution is 6.15. The average molecular weight is 493 g/mol. The minimum Gasteiger partial charge on any atom is -0.397 e. The van der Waals surface area contributed by atoms with Gasteiger partial charge in [0.15, 0.2) is 0 Å². The Hall–Kier alpha value is -4.91. The lowest BCUT2D eigenvalue weighted by Crippen LogP contribution is -2.32. The van der Waals surface area contributed by atoms with Gasteiger partial charge in [0.1, 0.15) is 5.92 Å². The van der Waals surface area contributed by atoms with Crippen LogP contribution < -0.4 is 21.7 Å². The molecule has 0 aliphatic rings. The highest BCUT2D eigenvalue weighted by Crippen LogP contribution is 2.24. The molecule has 5 N–H and O–H groups in total. The van der Waals surface area contributed by atoms with Crippen molar-refractivity contribution < 1.29 is 14.4 Å². The van der Waals surface area contributed by atoms with Crippen molar-refractivity contribution in [1.29, 1.82) is 0 Å². The van der Waals surface area contributed by atoms with E-state index in [4.69, 9.17) is 5.73 Å². The fourth-order valence-corrected chi connectivity index (χ4v) is 3.95. The Bertz CT molecular complexity index is 1400. The van der Waals surface area contributed by atoms with Crippen molar-refractivity contribution in [3.05, 3.63) is 120 Å². The number of hydrogen-bond donors (Lipinski definition) is 4. The zero-order valence-corrected chi connectivity index (χ0v) is 20.4. The van der Waals surface area contributed by atoms with Crippen LogP contribution in [0.2, 0.25) is 0 Å². The van der Waals surface area contributed by atoms with E-state index in [1.165, 1.54) is 0 Å². The van der Waals surface area contributed by atoms with Crippen LogP contribution in [0.4, 0.5) is 22.7 Å². The standard InChI is InChI=1S/C30H28N4O3/c1-2-20-10-6-8-14-25(20)33-30(37)27(29(36)32-23-11-4-3-5-12-23)21-16-18-22(19-17-21)28(35)34-26-15-9-7-13-24(26)31/h3-19,27H,2,31H2,1H3,(H,32,36)(H,33,37)(H,34,35). The number of carbonyl (C=O) groups excluding carboxylic acids is 3. The Labute approximate surface area is 215 Å². The molecule has 7 heteroatoms. The zero-order valence-electron chi connectivity index (χ0n) is 20.4. The predicted octanol–water partition coefficient (Wildman–Crippen LogP) is 5.44. The lowest BCUT2D eigenvalue weighted by molar-refractivity contribution is -0.126. The molecule has 7 nitrogen and oxygen atoms in total. The monoisotopic (exact) mass is 492 g/mol. The normalized spacial score (nSPS) is 11.3. The molecule has 4 aromatic carbocycles. The molecule has 0 fully saturated rings. The van der Waals surface area contributed by atoms with Crippen LogP contribution in [0.3, 0.4) is 0 Å². The molecule has 4 rings (SSSR count). The Morgan fingerprint density at radius 3 is 1.95 bits per heavy atom. The molecule has 1 unspecified atom stereocenters. The van der Waals surface area contributed by atoms with Gasteiger partial charge in [-0.15, -0.1) is 0 Å². The van der Waals surface area contributed by atoms with Crippen molar-refractivity contribution in [2.45, 2.75) is 19.3 Å². The van der Waals surface area contributed by atoms with Gasteiger partial charge in [-0.3, -0.25) is 14.4 Å². The summed E-state index contributed by atoms with van der Waals surface area (Å²) < 4.78 is 0. The molecule has 0 heterocycles. The fraction of sp³-hybridized carbons (Fsp3) is 0.100. The van der Waals surface area contributed by atoms with Crippen LogP contribution in [0, 0.1) is 0 Å². The van der Waals surface area contributed by atoms with Gasteiger partial charge < -0.3 is 21.7 Å². The minimum atomic E-state index is -1.15. The minimum absolute atomic E-state index is 0.351. The van der Waals surface area contributed by atoms with E-state index in [2.05, 4.69) is 16.0 Å². The quantitative estimate of drug-likeness (QED) is 0.194. The second-order valence-electron chi connectivity index (χ2n) is 8.45. The van der Waals surface area contributed by atoms with Crippen molar-refractivity contribution in [2.24, 2.45) is 0 Å². The van der Waals surface area contributed by atoms with Gasteiger partial charge in [-0.25, -0.2) is 0 Å². The summed E-state index contributed by atoms with van der Waals surface area (Å²) in [5.41, 5.74) is 9.90. The topological polar surface area (TPSA) is 113 Å². The van der Waals surface area contributed by atoms with Crippen LogP contribution in [-0.2, 0) is 16.0 Å². The fourth-order valence-electron chi connectivity index (χ4n) is 3.95. The van der Waals surface area contributed by atoms with Gasteiger partial charge in [0.25, 0.3) is 5.91 Å². The summed E-state index contributed by atoms with van der Waals surface area (Å²) in [5, 5.41) is 8.51. The van der Waals surface area contributed by atoms with E-state index in [1.54, 1.807) is 72.8 Å². The maximum Gasteiger partial charge on any atom is 0.255 e. The number of para-hydroxylation sites is 4. The van der Waals surface area contributed by atoms with E-state index in [-0.39, 0.29) is 5.91 Å². The Morgan fingerprint density at radius 1 is 0.676 bits per heavy atom. The van der Waals surface area contributed by atoms with Crippen molar-refractivity contribution in [1.82, 2.24) is 0 Å². The molecule has 0 radical (unpaired) electrons. The average Bonchev–Trinajstić information content (AvgIpc) is 2.91. The summed E-state index contributed by atoms with van der Waals surface area (Å²) in [5.74, 6) is -2.45. The molecule has 37 heavy (non-hydrogen) atoms. The highest BCUT2D eigenvalue weighted by Gasteiger charge is 2.29. The van der Waals surface area contributed by atoms with E-state index >= 15 is 0 Å². The molecule has 186 valence electrons. The van der Waals surface area contributed by atoms with Crippen molar-refractivity contribution >= 4 is 40.5 Å². The molecular weight excluding hydrogens is 464 g/mol. The number of benzene rings is 4. The molecule has 0 spiro atoms. The summed E-state index contributed by atoms with van der Waals surface area (Å²) in [4.78, 5) is 39.5. The predicted molar refractivity (Wildman–Crippen MR) is 148 cm³/mol. The third kappa shape index (κ3) is 6.21. The lowest BCUT2D eigenvalue weighted by Gasteiger charge is -2.19. The first kappa shape index (κ1) is 25.2. The van der Waals surface area contributed by atoms with Gasteiger partial charge >= 0.3 is 0 Å². The van der Waals surface area contributed by atoms with E-state index in [1.807, 2.05) is 37.3 Å². The summed E-state index contributed by atoms with van der Waals surface area (Å²) in [6.07, 6.45) is 0.729. The number of aryl methyl sites for hydroxylation is 1. The number of amides is 3. The molecule has 3 amide bonds. The third-order valence-corrected chi connectivity index (χ3v) is 5.94. The van der Waals surface area contributed by atoms with Gasteiger partial charge in [0.05, 0.1) is 11.4 Å². The van der Waals surface area contributed by atoms with Crippen LogP contribution in [0.5, 0.6) is 0 Å². The number of nitrogens with one attached hydrogen (secondary N) is 3. The first-order valence-electron chi connectivity index (χ1n) is 12.0. The second-order valence-corrected chi connectivity index (χ2v) is 8.45. The summed E-state index contributed by atoms with van der Waals surface area (Å²) in [6, 6.07) is 29.8. The molecule has 0 aromatic heterocycles. The molecular formula is C30H28N4O3. The SMILES string of the molecule is CCc1ccccc1NC(=O)C(C(=O)Nc1ccccc1)c1ccc(C(=O)Nc2ccccc2N)cc1. The second kappa shape index (κ2) is 11.7. The van der Waals surface area contributed by atoms with E-state index in [0.29, 0.717) is 33.9 Å². The number of nitrogen functional groups attached to an aromatic ring is 1. The molecule has 0 bridgehead atoms. The van der Waals surface area contributed by atoms with Gasteiger partial charge in [-0.05, 0) is 60.0 Å². The first-order chi connectivity index (χ1) is 18.0. The molecule has 1 atom stereocenters. The van der Waals surface area contributed by atoms with Gasteiger partial charge in [0.2, 0.25) is 11.8 Å². The summed E-state index contributed by atoms with van der Waals surface area (Å²) in [7, 11) is 0. The van der Waals surface area contributed by atoms with Gasteiger partial charge in [-0.2, -0.15) is 0 Å².